The number of piperidine rings is 1. The van der Waals surface area contributed by atoms with Crippen molar-refractivity contribution in [2.24, 2.45) is 23.7 Å². The summed E-state index contributed by atoms with van der Waals surface area (Å²) < 4.78 is 7.49. The highest BCUT2D eigenvalue weighted by molar-refractivity contribution is 6.30. The predicted molar refractivity (Wildman–Crippen MR) is 160 cm³/mol. The maximum Gasteiger partial charge on any atom is 0.119 e. The van der Waals surface area contributed by atoms with Gasteiger partial charge < -0.3 is 33.2 Å². The Hall–Kier alpha value is -1.04. The summed E-state index contributed by atoms with van der Waals surface area (Å²) in [5.41, 5.74) is 5.89. The molecular formula is C35H47ClINO. The number of rotatable bonds is 10. The normalized spacial score (nSPS) is 26.8. The highest BCUT2D eigenvalue weighted by Gasteiger charge is 2.46. The Morgan fingerprint density at radius 2 is 1.31 bits per heavy atom. The molecule has 0 radical (unpaired) electrons. The topological polar surface area (TPSA) is 9.23 Å². The van der Waals surface area contributed by atoms with Crippen LogP contribution < -0.4 is 28.7 Å². The average Bonchev–Trinajstić information content (AvgIpc) is 2.91. The van der Waals surface area contributed by atoms with Crippen LogP contribution in [-0.2, 0) is 0 Å². The summed E-state index contributed by atoms with van der Waals surface area (Å²) in [7, 11) is 2.46. The van der Waals surface area contributed by atoms with Crippen LogP contribution in [0.2, 0.25) is 5.02 Å². The summed E-state index contributed by atoms with van der Waals surface area (Å²) in [4.78, 5) is 0. The minimum atomic E-state index is 0. The first-order valence-corrected chi connectivity index (χ1v) is 16.0. The fraction of sp³-hybridized carbons (Fsp3) is 0.600. The van der Waals surface area contributed by atoms with Crippen LogP contribution in [0.1, 0.15) is 88.2 Å². The number of allylic oxidation sites excluding steroid dienone is 1. The van der Waals surface area contributed by atoms with Gasteiger partial charge in [0.05, 0.1) is 33.3 Å². The Bertz CT molecular complexity index is 1070. The summed E-state index contributed by atoms with van der Waals surface area (Å²) in [6, 6.07) is 17.6. The first kappa shape index (κ1) is 29.5. The third-order valence-electron chi connectivity index (χ3n) is 10.3. The fourth-order valence-corrected chi connectivity index (χ4v) is 8.70. The molecule has 0 N–H and O–H groups in total. The zero-order chi connectivity index (χ0) is 26.0. The standard InChI is InChI=1S/C35H47ClNO.HI/c1-37(18-6-4-7-19-37)17-5-2-3-8-20-38-33-15-11-29(12-16-33)34(28-9-13-32(36)14-10-28)35-30-22-26-21-27(24-30)25-31(35)23-26;/h9-16,26-27,30-31H,2-8,17-25H2,1H3;1H/q+1;/p-1. The van der Waals surface area contributed by atoms with E-state index in [0.717, 1.165) is 47.5 Å². The van der Waals surface area contributed by atoms with Gasteiger partial charge in [-0.05, 0) is 142 Å². The number of benzene rings is 2. The van der Waals surface area contributed by atoms with Crippen LogP contribution in [0.3, 0.4) is 0 Å². The van der Waals surface area contributed by atoms with Crippen LogP contribution in [0.4, 0.5) is 0 Å². The molecule has 4 saturated carbocycles. The van der Waals surface area contributed by atoms with Gasteiger partial charge in [0.2, 0.25) is 0 Å². The quantitative estimate of drug-likeness (QED) is 0.169. The molecule has 1 heterocycles. The molecule has 1 saturated heterocycles. The van der Waals surface area contributed by atoms with Crippen molar-refractivity contribution in [2.45, 2.75) is 77.0 Å². The van der Waals surface area contributed by atoms with E-state index in [1.54, 1.807) is 5.57 Å². The zero-order valence-electron chi connectivity index (χ0n) is 23.9. The molecule has 2 aromatic rings. The van der Waals surface area contributed by atoms with Crippen molar-refractivity contribution < 1.29 is 33.2 Å². The summed E-state index contributed by atoms with van der Waals surface area (Å²) in [6.45, 7) is 4.95. The summed E-state index contributed by atoms with van der Waals surface area (Å²) in [5.74, 6) is 4.49. The lowest BCUT2D eigenvalue weighted by Gasteiger charge is -2.52. The average molecular weight is 660 g/mol. The maximum absolute atomic E-state index is 6.29. The van der Waals surface area contributed by atoms with E-state index in [0.29, 0.717) is 0 Å². The van der Waals surface area contributed by atoms with Gasteiger partial charge in [-0.1, -0.05) is 41.4 Å². The van der Waals surface area contributed by atoms with Crippen LogP contribution in [-0.4, -0.2) is 37.8 Å². The molecule has 2 nitrogen and oxygen atoms in total. The molecule has 7 rings (SSSR count). The van der Waals surface area contributed by atoms with Crippen molar-refractivity contribution >= 4 is 17.2 Å². The van der Waals surface area contributed by atoms with Crippen LogP contribution in [0.25, 0.3) is 5.57 Å². The Morgan fingerprint density at radius 1 is 0.744 bits per heavy atom. The van der Waals surface area contributed by atoms with E-state index in [-0.39, 0.29) is 24.0 Å². The molecule has 4 heteroatoms. The number of unbranched alkanes of at least 4 members (excludes halogenated alkanes) is 3. The van der Waals surface area contributed by atoms with Gasteiger partial charge in [-0.3, -0.25) is 0 Å². The first-order chi connectivity index (χ1) is 18.6. The first-order valence-electron chi connectivity index (χ1n) is 15.6. The lowest BCUT2D eigenvalue weighted by atomic mass is 9.53. The van der Waals surface area contributed by atoms with Gasteiger partial charge in [0.25, 0.3) is 0 Å². The number of hydrogen-bond acceptors (Lipinski definition) is 1. The Labute approximate surface area is 259 Å². The lowest BCUT2D eigenvalue weighted by Crippen LogP contribution is -3.00. The van der Waals surface area contributed by atoms with Gasteiger partial charge >= 0.3 is 0 Å². The minimum Gasteiger partial charge on any atom is -1.00 e. The van der Waals surface area contributed by atoms with Crippen molar-refractivity contribution in [3.8, 4) is 5.75 Å². The smallest absolute Gasteiger partial charge is 0.119 e. The molecule has 0 spiro atoms. The second-order valence-electron chi connectivity index (χ2n) is 13.3. The second-order valence-corrected chi connectivity index (χ2v) is 13.7. The van der Waals surface area contributed by atoms with E-state index >= 15 is 0 Å². The van der Waals surface area contributed by atoms with Gasteiger partial charge in [0.1, 0.15) is 5.75 Å². The van der Waals surface area contributed by atoms with E-state index in [9.17, 15) is 0 Å². The van der Waals surface area contributed by atoms with Gasteiger partial charge in [0, 0.05) is 5.02 Å². The third-order valence-corrected chi connectivity index (χ3v) is 10.6. The third kappa shape index (κ3) is 7.07. The predicted octanol–water partition coefficient (Wildman–Crippen LogP) is 6.17. The molecular weight excluding hydrogens is 613 g/mol. The molecule has 39 heavy (non-hydrogen) atoms. The molecule has 0 aromatic heterocycles. The minimum absolute atomic E-state index is 0. The van der Waals surface area contributed by atoms with Gasteiger partial charge in [-0.15, -0.1) is 0 Å². The number of halogens is 2. The van der Waals surface area contributed by atoms with Gasteiger partial charge in [-0.25, -0.2) is 0 Å². The molecule has 4 bridgehead atoms. The number of quaternary nitrogens is 1. The monoisotopic (exact) mass is 659 g/mol. The van der Waals surface area contributed by atoms with E-state index < -0.39 is 0 Å². The SMILES string of the molecule is C[N+]1(CCCCCCOc2ccc(C(=C3C4CC5CC(C4)CC3C5)c3ccc(Cl)cc3)cc2)CCCCC1.[I-]. The van der Waals surface area contributed by atoms with Crippen LogP contribution >= 0.6 is 11.6 Å². The molecule has 2 aromatic carbocycles. The van der Waals surface area contributed by atoms with Crippen molar-refractivity contribution in [1.29, 1.82) is 0 Å². The zero-order valence-corrected chi connectivity index (χ0v) is 26.8. The molecule has 5 aliphatic rings. The van der Waals surface area contributed by atoms with Gasteiger partial charge in [0.15, 0.2) is 0 Å². The Morgan fingerprint density at radius 3 is 1.92 bits per heavy atom. The summed E-state index contributed by atoms with van der Waals surface area (Å²) >= 11 is 6.29. The van der Waals surface area contributed by atoms with Gasteiger partial charge in [-0.2, -0.15) is 0 Å². The largest absolute Gasteiger partial charge is 1.00 e. The summed E-state index contributed by atoms with van der Waals surface area (Å²) in [5, 5.41) is 0.814. The molecule has 212 valence electrons. The van der Waals surface area contributed by atoms with Crippen LogP contribution in [0.15, 0.2) is 54.1 Å². The molecule has 5 fully saturated rings. The number of hydrogen-bond donors (Lipinski definition) is 0. The van der Waals surface area contributed by atoms with E-state index in [4.69, 9.17) is 16.3 Å². The van der Waals surface area contributed by atoms with Crippen molar-refractivity contribution in [3.63, 3.8) is 0 Å². The van der Waals surface area contributed by atoms with Crippen molar-refractivity contribution in [3.05, 3.63) is 70.3 Å². The number of ether oxygens (including phenoxy) is 1. The fourth-order valence-electron chi connectivity index (χ4n) is 8.57. The highest BCUT2D eigenvalue weighted by Crippen LogP contribution is 2.58. The second kappa shape index (κ2) is 13.3. The van der Waals surface area contributed by atoms with E-state index in [2.05, 4.69) is 55.6 Å². The van der Waals surface area contributed by atoms with Crippen LogP contribution in [0, 0.1) is 23.7 Å². The highest BCUT2D eigenvalue weighted by atomic mass is 127. The molecule has 4 aliphatic carbocycles. The molecule has 0 unspecified atom stereocenters. The van der Waals surface area contributed by atoms with E-state index in [1.807, 2.05) is 0 Å². The number of likely N-dealkylation sites (tertiary alicyclic amines) is 1. The lowest BCUT2D eigenvalue weighted by molar-refractivity contribution is -0.914. The van der Waals surface area contributed by atoms with Crippen molar-refractivity contribution in [2.75, 3.05) is 33.3 Å². The maximum atomic E-state index is 6.29. The Kier molecular flexibility index (Phi) is 10.0. The molecule has 1 aliphatic heterocycles. The summed E-state index contributed by atoms with van der Waals surface area (Å²) in [6.07, 6.45) is 16.5. The Balaban J connectivity index is 0.00000308. The molecule has 0 amide bonds. The van der Waals surface area contributed by atoms with Crippen LogP contribution in [0.5, 0.6) is 5.75 Å². The number of nitrogens with zero attached hydrogens (tertiary/aromatic N) is 1. The van der Waals surface area contributed by atoms with E-state index in [1.165, 1.54) is 111 Å². The van der Waals surface area contributed by atoms with Crippen molar-refractivity contribution in [1.82, 2.24) is 0 Å². The molecule has 0 atom stereocenters.